The van der Waals surface area contributed by atoms with Crippen LogP contribution in [0, 0.1) is 0 Å². The molecule has 4 nitrogen and oxygen atoms in total. The predicted octanol–water partition coefficient (Wildman–Crippen LogP) is 2.71. The molecule has 0 heterocycles. The molecule has 0 bridgehead atoms. The molecule has 0 amide bonds. The largest absolute Gasteiger partial charge is 0.496 e. The number of ketones is 1. The minimum atomic E-state index is -0.458. The van der Waals surface area contributed by atoms with E-state index in [0.717, 1.165) is 5.56 Å². The van der Waals surface area contributed by atoms with Gasteiger partial charge in [0.2, 0.25) is 0 Å². The van der Waals surface area contributed by atoms with Crippen LogP contribution in [0.3, 0.4) is 0 Å². The van der Waals surface area contributed by atoms with Gasteiger partial charge in [-0.1, -0.05) is 18.2 Å². The second-order valence-electron chi connectivity index (χ2n) is 4.29. The Morgan fingerprint density at radius 1 is 1.26 bits per heavy atom. The van der Waals surface area contributed by atoms with Crippen molar-refractivity contribution in [2.45, 2.75) is 32.6 Å². The lowest BCUT2D eigenvalue weighted by atomic mass is 9.92. The maximum Gasteiger partial charge on any atom is 0.313 e. The van der Waals surface area contributed by atoms with Gasteiger partial charge in [0.25, 0.3) is 0 Å². The number of esters is 1. The Balaban J connectivity index is 3.00. The van der Waals surface area contributed by atoms with Gasteiger partial charge in [-0.25, -0.2) is 0 Å². The minimum Gasteiger partial charge on any atom is -0.496 e. The first-order chi connectivity index (χ1) is 9.10. The van der Waals surface area contributed by atoms with Crippen LogP contribution in [0.15, 0.2) is 24.3 Å². The van der Waals surface area contributed by atoms with E-state index in [-0.39, 0.29) is 11.8 Å². The molecule has 1 aromatic carbocycles. The summed E-state index contributed by atoms with van der Waals surface area (Å²) in [6, 6.07) is 7.32. The van der Waals surface area contributed by atoms with Crippen LogP contribution < -0.4 is 4.74 Å². The summed E-state index contributed by atoms with van der Waals surface area (Å²) >= 11 is 0. The molecule has 4 heteroatoms. The average molecular weight is 264 g/mol. The van der Waals surface area contributed by atoms with E-state index in [4.69, 9.17) is 9.47 Å². The highest BCUT2D eigenvalue weighted by atomic mass is 16.5. The first-order valence-corrected chi connectivity index (χ1v) is 6.39. The Bertz CT molecular complexity index is 440. The third-order valence-electron chi connectivity index (χ3n) is 2.87. The number of benzene rings is 1. The molecule has 0 saturated heterocycles. The van der Waals surface area contributed by atoms with Gasteiger partial charge >= 0.3 is 5.97 Å². The molecule has 104 valence electrons. The lowest BCUT2D eigenvalue weighted by molar-refractivity contribution is -0.145. The highest BCUT2D eigenvalue weighted by molar-refractivity contribution is 5.81. The van der Waals surface area contributed by atoms with Gasteiger partial charge in [-0.3, -0.25) is 4.79 Å². The van der Waals surface area contributed by atoms with Crippen molar-refractivity contribution in [3.63, 3.8) is 0 Å². The second-order valence-corrected chi connectivity index (χ2v) is 4.29. The Hall–Kier alpha value is -1.84. The number of hydrogen-bond acceptors (Lipinski definition) is 4. The van der Waals surface area contributed by atoms with E-state index in [1.54, 1.807) is 20.1 Å². The number of methoxy groups -OCH3 is 1. The van der Waals surface area contributed by atoms with Crippen molar-refractivity contribution in [1.29, 1.82) is 0 Å². The van der Waals surface area contributed by atoms with Crippen LogP contribution in [-0.2, 0) is 14.3 Å². The fourth-order valence-electron chi connectivity index (χ4n) is 1.95. The van der Waals surface area contributed by atoms with Gasteiger partial charge in [0.05, 0.1) is 19.6 Å². The van der Waals surface area contributed by atoms with Crippen molar-refractivity contribution >= 4 is 11.8 Å². The van der Waals surface area contributed by atoms with Gasteiger partial charge in [0.15, 0.2) is 0 Å². The third kappa shape index (κ3) is 4.39. The second kappa shape index (κ2) is 7.56. The first-order valence-electron chi connectivity index (χ1n) is 6.39. The number of carbonyl (C=O) groups is 2. The van der Waals surface area contributed by atoms with Crippen molar-refractivity contribution in [2.24, 2.45) is 0 Å². The minimum absolute atomic E-state index is 0.0594. The zero-order valence-electron chi connectivity index (χ0n) is 11.6. The molecule has 1 rings (SSSR count). The smallest absolute Gasteiger partial charge is 0.313 e. The van der Waals surface area contributed by atoms with Crippen LogP contribution in [0.4, 0.5) is 0 Å². The number of Topliss-reactive ketones (excluding diaryl/α,β-unsaturated/α-hetero) is 1. The van der Waals surface area contributed by atoms with Crippen LogP contribution >= 0.6 is 0 Å². The zero-order valence-corrected chi connectivity index (χ0v) is 11.6. The lowest BCUT2D eigenvalue weighted by Crippen LogP contribution is -2.17. The van der Waals surface area contributed by atoms with E-state index in [1.807, 2.05) is 18.2 Å². The standard InChI is InChI=1S/C15H20O4/c1-4-19-15(17)13(10-9-11(2)16)12-7-5-6-8-14(12)18-3/h5-8,13H,4,9-10H2,1-3H3. The van der Waals surface area contributed by atoms with Crippen LogP contribution in [0.2, 0.25) is 0 Å². The topological polar surface area (TPSA) is 52.6 Å². The van der Waals surface area contributed by atoms with Gasteiger partial charge in [-0.15, -0.1) is 0 Å². The summed E-state index contributed by atoms with van der Waals surface area (Å²) in [4.78, 5) is 23.2. The summed E-state index contributed by atoms with van der Waals surface area (Å²) in [6.07, 6.45) is 0.788. The molecule has 0 fully saturated rings. The normalized spacial score (nSPS) is 11.7. The zero-order chi connectivity index (χ0) is 14.3. The number of para-hydroxylation sites is 1. The van der Waals surface area contributed by atoms with Gasteiger partial charge < -0.3 is 14.3 Å². The van der Waals surface area contributed by atoms with Crippen molar-refractivity contribution < 1.29 is 19.1 Å². The summed E-state index contributed by atoms with van der Waals surface area (Å²) in [5, 5.41) is 0. The fourth-order valence-corrected chi connectivity index (χ4v) is 1.95. The summed E-state index contributed by atoms with van der Waals surface area (Å²) < 4.78 is 10.4. The summed E-state index contributed by atoms with van der Waals surface area (Å²) in [6.45, 7) is 3.61. The fraction of sp³-hybridized carbons (Fsp3) is 0.467. The van der Waals surface area contributed by atoms with E-state index in [1.165, 1.54) is 6.92 Å². The molecule has 1 unspecified atom stereocenters. The molecule has 0 aliphatic heterocycles. The first kappa shape index (κ1) is 15.2. The molecule has 1 aromatic rings. The van der Waals surface area contributed by atoms with Crippen molar-refractivity contribution in [3.8, 4) is 5.75 Å². The average Bonchev–Trinajstić information content (AvgIpc) is 2.39. The van der Waals surface area contributed by atoms with Crippen LogP contribution in [0.1, 0.15) is 38.2 Å². The molecular weight excluding hydrogens is 244 g/mol. The molecule has 0 aliphatic rings. The maximum atomic E-state index is 12.0. The van der Waals surface area contributed by atoms with E-state index < -0.39 is 5.92 Å². The molecule has 0 spiro atoms. The molecule has 1 atom stereocenters. The third-order valence-corrected chi connectivity index (χ3v) is 2.87. The Morgan fingerprint density at radius 2 is 1.95 bits per heavy atom. The molecule has 0 aliphatic carbocycles. The quantitative estimate of drug-likeness (QED) is 0.710. The van der Waals surface area contributed by atoms with Gasteiger partial charge in [0.1, 0.15) is 11.5 Å². The predicted molar refractivity (Wildman–Crippen MR) is 72.3 cm³/mol. The van der Waals surface area contributed by atoms with E-state index in [0.29, 0.717) is 25.2 Å². The molecule has 0 aromatic heterocycles. The van der Waals surface area contributed by atoms with Gasteiger partial charge in [-0.05, 0) is 26.3 Å². The highest BCUT2D eigenvalue weighted by Crippen LogP contribution is 2.30. The monoisotopic (exact) mass is 264 g/mol. The number of carbonyl (C=O) groups excluding carboxylic acids is 2. The lowest BCUT2D eigenvalue weighted by Gasteiger charge is -2.18. The molecule has 19 heavy (non-hydrogen) atoms. The Morgan fingerprint density at radius 3 is 2.53 bits per heavy atom. The number of hydrogen-bond donors (Lipinski definition) is 0. The van der Waals surface area contributed by atoms with Crippen LogP contribution in [0.5, 0.6) is 5.75 Å². The summed E-state index contributed by atoms with van der Waals surface area (Å²) in [5.41, 5.74) is 0.768. The van der Waals surface area contributed by atoms with Crippen LogP contribution in [0.25, 0.3) is 0 Å². The number of rotatable bonds is 7. The molecule has 0 N–H and O–H groups in total. The summed E-state index contributed by atoms with van der Waals surface area (Å²) in [5.74, 6) is -0.0680. The van der Waals surface area contributed by atoms with E-state index in [2.05, 4.69) is 0 Å². The van der Waals surface area contributed by atoms with E-state index in [9.17, 15) is 9.59 Å². The highest BCUT2D eigenvalue weighted by Gasteiger charge is 2.25. The molecule has 0 radical (unpaired) electrons. The SMILES string of the molecule is CCOC(=O)C(CCC(C)=O)c1ccccc1OC. The summed E-state index contributed by atoms with van der Waals surface area (Å²) in [7, 11) is 1.56. The van der Waals surface area contributed by atoms with Crippen molar-refractivity contribution in [2.75, 3.05) is 13.7 Å². The van der Waals surface area contributed by atoms with Gasteiger partial charge in [0, 0.05) is 12.0 Å². The number of ether oxygens (including phenoxy) is 2. The molecular formula is C15H20O4. The van der Waals surface area contributed by atoms with Crippen molar-refractivity contribution in [1.82, 2.24) is 0 Å². The van der Waals surface area contributed by atoms with Crippen LogP contribution in [-0.4, -0.2) is 25.5 Å². The Labute approximate surface area is 113 Å². The molecule has 0 saturated carbocycles. The maximum absolute atomic E-state index is 12.0. The Kier molecular flexibility index (Phi) is 6.06. The van der Waals surface area contributed by atoms with Crippen molar-refractivity contribution in [3.05, 3.63) is 29.8 Å². The van der Waals surface area contributed by atoms with Gasteiger partial charge in [-0.2, -0.15) is 0 Å². The van der Waals surface area contributed by atoms with E-state index >= 15 is 0 Å².